The van der Waals surface area contributed by atoms with Crippen molar-refractivity contribution in [3.63, 3.8) is 0 Å². The van der Waals surface area contributed by atoms with Gasteiger partial charge in [0.25, 0.3) is 0 Å². The largest absolute Gasteiger partial charge is 0.493 e. The summed E-state index contributed by atoms with van der Waals surface area (Å²) in [5.74, 6) is 0.922. The molecule has 0 amide bonds. The van der Waals surface area contributed by atoms with Crippen molar-refractivity contribution in [2.24, 2.45) is 0 Å². The molecule has 1 fully saturated rings. The van der Waals surface area contributed by atoms with Crippen LogP contribution in [0.2, 0.25) is 0 Å². The normalized spacial score (nSPS) is 15.3. The van der Waals surface area contributed by atoms with Gasteiger partial charge in [0.1, 0.15) is 5.75 Å². The zero-order valence-electron chi connectivity index (χ0n) is 19.2. The van der Waals surface area contributed by atoms with Gasteiger partial charge in [-0.05, 0) is 31.0 Å². The van der Waals surface area contributed by atoms with Crippen molar-refractivity contribution < 1.29 is 4.74 Å². The zero-order chi connectivity index (χ0) is 22.5. The summed E-state index contributed by atoms with van der Waals surface area (Å²) in [5.41, 5.74) is 4.72. The maximum absolute atomic E-state index is 5.98. The van der Waals surface area contributed by atoms with Crippen LogP contribution in [0.4, 0.5) is 0 Å². The summed E-state index contributed by atoms with van der Waals surface area (Å²) in [6.07, 6.45) is 3.99. The first kappa shape index (κ1) is 22.1. The van der Waals surface area contributed by atoms with Crippen LogP contribution in [0.25, 0.3) is 21.3 Å². The Bertz CT molecular complexity index is 1160. The minimum Gasteiger partial charge on any atom is -0.493 e. The summed E-state index contributed by atoms with van der Waals surface area (Å²) in [6, 6.07) is 16.7. The van der Waals surface area contributed by atoms with Crippen molar-refractivity contribution >= 4 is 21.6 Å². The van der Waals surface area contributed by atoms with Crippen molar-refractivity contribution in [2.75, 3.05) is 45.9 Å². The average molecular weight is 462 g/mol. The van der Waals surface area contributed by atoms with Crippen molar-refractivity contribution in [1.29, 1.82) is 0 Å². The molecule has 4 aromatic rings. The number of H-pyrrole nitrogens is 1. The Hall–Kier alpha value is -2.74. The molecule has 6 nitrogen and oxygen atoms in total. The first-order chi connectivity index (χ1) is 16.2. The number of aryl methyl sites for hydroxylation is 1. The van der Waals surface area contributed by atoms with Crippen LogP contribution in [0, 0.1) is 6.92 Å². The van der Waals surface area contributed by atoms with E-state index in [2.05, 4.69) is 73.5 Å². The zero-order valence-corrected chi connectivity index (χ0v) is 20.0. The van der Waals surface area contributed by atoms with E-state index in [-0.39, 0.29) is 0 Å². The first-order valence-electron chi connectivity index (χ1n) is 11.8. The van der Waals surface area contributed by atoms with Crippen LogP contribution in [-0.4, -0.2) is 70.9 Å². The van der Waals surface area contributed by atoms with E-state index < -0.39 is 0 Å². The molecule has 0 atom stereocenters. The van der Waals surface area contributed by atoms with Crippen LogP contribution in [0.3, 0.4) is 0 Å². The highest BCUT2D eigenvalue weighted by Gasteiger charge is 2.17. The van der Waals surface area contributed by atoms with Gasteiger partial charge >= 0.3 is 0 Å². The second kappa shape index (κ2) is 10.5. The molecule has 0 radical (unpaired) electrons. The van der Waals surface area contributed by atoms with E-state index in [1.54, 1.807) is 11.3 Å². The Morgan fingerprint density at radius 3 is 2.61 bits per heavy atom. The van der Waals surface area contributed by atoms with Gasteiger partial charge in [-0.1, -0.05) is 30.3 Å². The number of nitrogens with one attached hydrogen (secondary N) is 1. The SMILES string of the molecule is Cc1nc2cc(OCCCN3CCN(CCc4[nH]ncc4-c4ccccc4)CC3)ccc2s1. The molecule has 1 aliphatic heterocycles. The summed E-state index contributed by atoms with van der Waals surface area (Å²) in [5, 5.41) is 8.59. The van der Waals surface area contributed by atoms with Crippen LogP contribution in [0.15, 0.2) is 54.7 Å². The summed E-state index contributed by atoms with van der Waals surface area (Å²) in [7, 11) is 0. The monoisotopic (exact) mass is 461 g/mol. The standard InChI is InChI=1S/C26H31N5OS/c1-20-28-25-18-22(8-9-26(25)33-20)32-17-5-11-30-13-15-31(16-14-30)12-10-24-23(19-27-29-24)21-6-3-2-4-7-21/h2-4,6-9,18-19H,5,10-17H2,1H3,(H,27,29). The number of ether oxygens (including phenoxy) is 1. The molecule has 0 unspecified atom stereocenters. The molecule has 3 heterocycles. The predicted octanol–water partition coefficient (Wildman–Crippen LogP) is 4.62. The Balaban J connectivity index is 1.01. The van der Waals surface area contributed by atoms with E-state index in [0.29, 0.717) is 0 Å². The quantitative estimate of drug-likeness (QED) is 0.369. The van der Waals surface area contributed by atoms with Gasteiger partial charge in [-0.25, -0.2) is 4.98 Å². The van der Waals surface area contributed by atoms with Gasteiger partial charge in [-0.3, -0.25) is 5.10 Å². The van der Waals surface area contributed by atoms with Gasteiger partial charge < -0.3 is 14.5 Å². The highest BCUT2D eigenvalue weighted by molar-refractivity contribution is 7.18. The highest BCUT2D eigenvalue weighted by Crippen LogP contribution is 2.25. The average Bonchev–Trinajstić information content (AvgIpc) is 3.47. The molecule has 2 aromatic carbocycles. The fourth-order valence-electron chi connectivity index (χ4n) is 4.47. The maximum atomic E-state index is 5.98. The molecular formula is C26H31N5OS. The first-order valence-corrected chi connectivity index (χ1v) is 12.6. The number of benzene rings is 2. The molecule has 172 valence electrons. The Morgan fingerprint density at radius 1 is 1.00 bits per heavy atom. The molecule has 5 rings (SSSR count). The second-order valence-corrected chi connectivity index (χ2v) is 9.86. The van der Waals surface area contributed by atoms with Crippen LogP contribution in [-0.2, 0) is 6.42 Å². The minimum absolute atomic E-state index is 0.747. The fraction of sp³-hybridized carbons (Fsp3) is 0.385. The lowest BCUT2D eigenvalue weighted by molar-refractivity contribution is 0.127. The topological polar surface area (TPSA) is 57.3 Å². The summed E-state index contributed by atoms with van der Waals surface area (Å²) in [6.45, 7) is 9.44. The van der Waals surface area contributed by atoms with Crippen LogP contribution in [0.1, 0.15) is 17.1 Å². The Kier molecular flexibility index (Phi) is 7.00. The lowest BCUT2D eigenvalue weighted by Crippen LogP contribution is -2.47. The summed E-state index contributed by atoms with van der Waals surface area (Å²) < 4.78 is 7.20. The third-order valence-corrected chi connectivity index (χ3v) is 7.25. The van der Waals surface area contributed by atoms with Crippen molar-refractivity contribution in [3.8, 4) is 16.9 Å². The number of aromatic nitrogens is 3. The van der Waals surface area contributed by atoms with Crippen LogP contribution in [0.5, 0.6) is 5.75 Å². The van der Waals surface area contributed by atoms with Crippen molar-refractivity contribution in [2.45, 2.75) is 19.8 Å². The summed E-state index contributed by atoms with van der Waals surface area (Å²) >= 11 is 1.73. The predicted molar refractivity (Wildman–Crippen MR) is 135 cm³/mol. The third kappa shape index (κ3) is 5.61. The van der Waals surface area contributed by atoms with E-state index in [0.717, 1.165) is 75.0 Å². The van der Waals surface area contributed by atoms with Gasteiger partial charge in [0.15, 0.2) is 0 Å². The number of hydrogen-bond acceptors (Lipinski definition) is 6. The molecule has 7 heteroatoms. The molecule has 2 aromatic heterocycles. The van der Waals surface area contributed by atoms with Gasteiger partial charge in [0, 0.05) is 63.0 Å². The molecule has 0 bridgehead atoms. The molecule has 33 heavy (non-hydrogen) atoms. The van der Waals surface area contributed by atoms with E-state index in [1.807, 2.05) is 13.1 Å². The maximum Gasteiger partial charge on any atom is 0.121 e. The highest BCUT2D eigenvalue weighted by atomic mass is 32.1. The summed E-state index contributed by atoms with van der Waals surface area (Å²) in [4.78, 5) is 9.67. The Labute approximate surface area is 199 Å². The van der Waals surface area contributed by atoms with E-state index in [1.165, 1.54) is 21.5 Å². The third-order valence-electron chi connectivity index (χ3n) is 6.30. The number of nitrogens with zero attached hydrogens (tertiary/aromatic N) is 4. The van der Waals surface area contributed by atoms with Gasteiger partial charge in [-0.2, -0.15) is 5.10 Å². The number of thiazole rings is 1. The molecule has 0 saturated carbocycles. The lowest BCUT2D eigenvalue weighted by atomic mass is 10.0. The molecule has 1 aliphatic rings. The minimum atomic E-state index is 0.747. The van der Waals surface area contributed by atoms with Gasteiger partial charge in [0.05, 0.1) is 28.0 Å². The smallest absolute Gasteiger partial charge is 0.121 e. The number of fused-ring (bicyclic) bond motifs is 1. The van der Waals surface area contributed by atoms with Crippen molar-refractivity contribution in [1.82, 2.24) is 25.0 Å². The fourth-order valence-corrected chi connectivity index (χ4v) is 5.27. The van der Waals surface area contributed by atoms with E-state index in [4.69, 9.17) is 4.74 Å². The molecule has 0 aliphatic carbocycles. The molecule has 1 N–H and O–H groups in total. The van der Waals surface area contributed by atoms with Crippen LogP contribution >= 0.6 is 11.3 Å². The number of rotatable bonds is 9. The number of aromatic amines is 1. The number of piperazine rings is 1. The molecule has 1 saturated heterocycles. The van der Waals surface area contributed by atoms with Crippen LogP contribution < -0.4 is 4.74 Å². The number of hydrogen-bond donors (Lipinski definition) is 1. The molecule has 0 spiro atoms. The van der Waals surface area contributed by atoms with E-state index in [9.17, 15) is 0 Å². The lowest BCUT2D eigenvalue weighted by Gasteiger charge is -2.34. The Morgan fingerprint density at radius 2 is 1.79 bits per heavy atom. The van der Waals surface area contributed by atoms with E-state index >= 15 is 0 Å². The van der Waals surface area contributed by atoms with Crippen molar-refractivity contribution in [3.05, 3.63) is 65.4 Å². The second-order valence-electron chi connectivity index (χ2n) is 8.63. The van der Waals surface area contributed by atoms with Gasteiger partial charge in [0.2, 0.25) is 0 Å². The molecular weight excluding hydrogens is 430 g/mol. The van der Waals surface area contributed by atoms with Gasteiger partial charge in [-0.15, -0.1) is 11.3 Å².